The van der Waals surface area contributed by atoms with Crippen LogP contribution in [0.25, 0.3) is 11.5 Å². The summed E-state index contributed by atoms with van der Waals surface area (Å²) < 4.78 is 45.8. The Morgan fingerprint density at radius 2 is 2.08 bits per heavy atom. The molecule has 4 rings (SSSR count). The standard InChI is InChI=1S/C17H15F3N4O/c1-10-14(8-24-9-21-15(23-24)11-5-6-11)22-16(25-10)12-3-2-4-13(7-12)17(18,19)20/h2-4,7,9,11H,5-6,8H2,1H3. The van der Waals surface area contributed by atoms with Crippen LogP contribution in [0, 0.1) is 6.92 Å². The minimum Gasteiger partial charge on any atom is -0.441 e. The summed E-state index contributed by atoms with van der Waals surface area (Å²) in [6.45, 7) is 2.10. The number of nitrogens with zero attached hydrogens (tertiary/aromatic N) is 4. The van der Waals surface area contributed by atoms with Crippen molar-refractivity contribution < 1.29 is 17.6 Å². The van der Waals surface area contributed by atoms with E-state index in [-0.39, 0.29) is 5.89 Å². The molecule has 1 saturated carbocycles. The normalized spacial score (nSPS) is 14.9. The monoisotopic (exact) mass is 348 g/mol. The van der Waals surface area contributed by atoms with E-state index >= 15 is 0 Å². The molecular formula is C17H15F3N4O. The largest absolute Gasteiger partial charge is 0.441 e. The van der Waals surface area contributed by atoms with Crippen LogP contribution < -0.4 is 0 Å². The lowest BCUT2D eigenvalue weighted by Gasteiger charge is -2.06. The Bertz CT molecular complexity index is 909. The van der Waals surface area contributed by atoms with Gasteiger partial charge < -0.3 is 4.42 Å². The van der Waals surface area contributed by atoms with Crippen molar-refractivity contribution in [3.05, 3.63) is 53.4 Å². The third kappa shape index (κ3) is 3.29. The lowest BCUT2D eigenvalue weighted by Crippen LogP contribution is -2.04. The number of aromatic nitrogens is 4. The molecule has 0 radical (unpaired) electrons. The first-order chi connectivity index (χ1) is 11.9. The first kappa shape index (κ1) is 15.9. The second kappa shape index (κ2) is 5.72. The lowest BCUT2D eigenvalue weighted by atomic mass is 10.1. The van der Waals surface area contributed by atoms with Gasteiger partial charge in [0.15, 0.2) is 5.82 Å². The number of halogens is 3. The van der Waals surface area contributed by atoms with Crippen LogP contribution in [-0.4, -0.2) is 19.7 Å². The molecule has 0 amide bonds. The molecule has 0 bridgehead atoms. The average molecular weight is 348 g/mol. The van der Waals surface area contributed by atoms with Crippen molar-refractivity contribution >= 4 is 0 Å². The molecule has 2 heterocycles. The highest BCUT2D eigenvalue weighted by atomic mass is 19.4. The van der Waals surface area contributed by atoms with E-state index in [4.69, 9.17) is 4.42 Å². The minimum atomic E-state index is -4.40. The van der Waals surface area contributed by atoms with Crippen molar-refractivity contribution in [2.24, 2.45) is 0 Å². The Morgan fingerprint density at radius 3 is 2.80 bits per heavy atom. The Labute approximate surface area is 141 Å². The van der Waals surface area contributed by atoms with Crippen LogP contribution >= 0.6 is 0 Å². The summed E-state index contributed by atoms with van der Waals surface area (Å²) >= 11 is 0. The van der Waals surface area contributed by atoms with Gasteiger partial charge in [-0.05, 0) is 38.0 Å². The molecule has 130 valence electrons. The highest BCUT2D eigenvalue weighted by Crippen LogP contribution is 2.37. The van der Waals surface area contributed by atoms with Crippen molar-refractivity contribution in [3.63, 3.8) is 0 Å². The van der Waals surface area contributed by atoms with Gasteiger partial charge >= 0.3 is 6.18 Å². The van der Waals surface area contributed by atoms with E-state index in [2.05, 4.69) is 15.1 Å². The smallest absolute Gasteiger partial charge is 0.416 e. The lowest BCUT2D eigenvalue weighted by molar-refractivity contribution is -0.137. The molecule has 8 heteroatoms. The predicted octanol–water partition coefficient (Wildman–Crippen LogP) is 4.19. The topological polar surface area (TPSA) is 56.7 Å². The fourth-order valence-corrected chi connectivity index (χ4v) is 2.59. The molecule has 0 spiro atoms. The summed E-state index contributed by atoms with van der Waals surface area (Å²) in [6.07, 6.45) is -0.522. The van der Waals surface area contributed by atoms with Crippen LogP contribution in [0.15, 0.2) is 35.0 Å². The van der Waals surface area contributed by atoms with Crippen LogP contribution in [0.5, 0.6) is 0 Å². The Balaban J connectivity index is 1.59. The molecule has 1 aromatic carbocycles. The van der Waals surface area contributed by atoms with Crippen LogP contribution in [-0.2, 0) is 12.7 Å². The molecule has 2 aromatic heterocycles. The minimum absolute atomic E-state index is 0.168. The van der Waals surface area contributed by atoms with Gasteiger partial charge in [-0.25, -0.2) is 14.6 Å². The van der Waals surface area contributed by atoms with Crippen molar-refractivity contribution in [1.29, 1.82) is 0 Å². The number of alkyl halides is 3. The molecule has 1 fully saturated rings. The van der Waals surface area contributed by atoms with Crippen molar-refractivity contribution in [3.8, 4) is 11.5 Å². The van der Waals surface area contributed by atoms with Gasteiger partial charge in [0.05, 0.1) is 12.1 Å². The second-order valence-corrected chi connectivity index (χ2v) is 6.18. The zero-order valence-corrected chi connectivity index (χ0v) is 13.4. The first-order valence-corrected chi connectivity index (χ1v) is 7.93. The van der Waals surface area contributed by atoms with E-state index in [9.17, 15) is 13.2 Å². The highest BCUT2D eigenvalue weighted by molar-refractivity contribution is 5.55. The van der Waals surface area contributed by atoms with Gasteiger partial charge in [-0.2, -0.15) is 18.3 Å². The highest BCUT2D eigenvalue weighted by Gasteiger charge is 2.31. The maximum Gasteiger partial charge on any atom is 0.416 e. The number of hydrogen-bond acceptors (Lipinski definition) is 4. The van der Waals surface area contributed by atoms with E-state index in [1.807, 2.05) is 0 Å². The Hall–Kier alpha value is -2.64. The third-order valence-electron chi connectivity index (χ3n) is 4.14. The summed E-state index contributed by atoms with van der Waals surface area (Å²) in [5.41, 5.74) is 0.189. The molecule has 25 heavy (non-hydrogen) atoms. The summed E-state index contributed by atoms with van der Waals surface area (Å²) in [7, 11) is 0. The number of rotatable bonds is 4. The number of hydrogen-bond donors (Lipinski definition) is 0. The molecule has 0 unspecified atom stereocenters. The maximum atomic E-state index is 12.9. The van der Waals surface area contributed by atoms with E-state index in [0.717, 1.165) is 30.8 Å². The van der Waals surface area contributed by atoms with Crippen LogP contribution in [0.3, 0.4) is 0 Å². The maximum absolute atomic E-state index is 12.9. The molecule has 0 aliphatic heterocycles. The first-order valence-electron chi connectivity index (χ1n) is 7.93. The third-order valence-corrected chi connectivity index (χ3v) is 4.14. The summed E-state index contributed by atoms with van der Waals surface area (Å²) in [5, 5.41) is 4.41. The average Bonchev–Trinajstić information content (AvgIpc) is 3.21. The zero-order chi connectivity index (χ0) is 17.6. The van der Waals surface area contributed by atoms with Crippen molar-refractivity contribution in [1.82, 2.24) is 19.7 Å². The molecular weight excluding hydrogens is 333 g/mol. The quantitative estimate of drug-likeness (QED) is 0.709. The summed E-state index contributed by atoms with van der Waals surface area (Å²) in [4.78, 5) is 8.62. The van der Waals surface area contributed by atoms with Crippen LogP contribution in [0.2, 0.25) is 0 Å². The van der Waals surface area contributed by atoms with E-state index < -0.39 is 11.7 Å². The van der Waals surface area contributed by atoms with Gasteiger partial charge in [-0.3, -0.25) is 0 Å². The van der Waals surface area contributed by atoms with E-state index in [0.29, 0.717) is 29.5 Å². The molecule has 0 atom stereocenters. The number of aryl methyl sites for hydroxylation is 1. The molecule has 1 aliphatic carbocycles. The Morgan fingerprint density at radius 1 is 1.28 bits per heavy atom. The molecule has 3 aromatic rings. The fraction of sp³-hybridized carbons (Fsp3) is 0.353. The molecule has 1 aliphatic rings. The SMILES string of the molecule is Cc1oc(-c2cccc(C(F)(F)F)c2)nc1Cn1cnc(C2CC2)n1. The van der Waals surface area contributed by atoms with E-state index in [1.54, 1.807) is 24.0 Å². The zero-order valence-electron chi connectivity index (χ0n) is 13.4. The van der Waals surface area contributed by atoms with Crippen molar-refractivity contribution in [2.75, 3.05) is 0 Å². The number of oxazole rings is 1. The van der Waals surface area contributed by atoms with Crippen LogP contribution in [0.4, 0.5) is 13.2 Å². The summed E-state index contributed by atoms with van der Waals surface area (Å²) in [5.74, 6) is 2.01. The van der Waals surface area contributed by atoms with Crippen molar-refractivity contribution in [2.45, 2.75) is 38.4 Å². The fourth-order valence-electron chi connectivity index (χ4n) is 2.59. The van der Waals surface area contributed by atoms with Gasteiger partial charge in [0.1, 0.15) is 17.8 Å². The molecule has 0 saturated heterocycles. The van der Waals surface area contributed by atoms with Gasteiger partial charge in [-0.1, -0.05) is 6.07 Å². The molecule has 0 N–H and O–H groups in total. The Kier molecular flexibility index (Phi) is 3.63. The van der Waals surface area contributed by atoms with Gasteiger partial charge in [0.2, 0.25) is 5.89 Å². The van der Waals surface area contributed by atoms with Gasteiger partial charge in [-0.15, -0.1) is 0 Å². The second-order valence-electron chi connectivity index (χ2n) is 6.18. The predicted molar refractivity (Wildman–Crippen MR) is 82.8 cm³/mol. The van der Waals surface area contributed by atoms with Crippen LogP contribution in [0.1, 0.15) is 41.6 Å². The summed E-state index contributed by atoms with van der Waals surface area (Å²) in [6, 6.07) is 4.95. The van der Waals surface area contributed by atoms with Gasteiger partial charge in [0.25, 0.3) is 0 Å². The van der Waals surface area contributed by atoms with E-state index in [1.165, 1.54) is 6.07 Å². The number of benzene rings is 1. The molecule has 5 nitrogen and oxygen atoms in total. The van der Waals surface area contributed by atoms with Gasteiger partial charge in [0, 0.05) is 11.5 Å².